The molecule has 0 aromatic carbocycles. The Kier molecular flexibility index (Phi) is 6.57. The van der Waals surface area contributed by atoms with E-state index in [4.69, 9.17) is 19.4 Å². The number of amides is 1. The van der Waals surface area contributed by atoms with E-state index in [1.165, 1.54) is 0 Å². The van der Waals surface area contributed by atoms with E-state index in [1.807, 2.05) is 28.8 Å². The van der Waals surface area contributed by atoms with Crippen molar-refractivity contribution in [2.45, 2.75) is 29.9 Å². The number of pyridine rings is 1. The zero-order valence-corrected chi connectivity index (χ0v) is 16.2. The Bertz CT molecular complexity index is 722. The topological polar surface area (TPSA) is 89.0 Å². The molecular formula is C18H21F3N2O5S. The molecular weight excluding hydrogens is 413 g/mol. The first kappa shape index (κ1) is 21.7. The van der Waals surface area contributed by atoms with E-state index in [9.17, 15) is 18.0 Å². The summed E-state index contributed by atoms with van der Waals surface area (Å²) in [6.07, 6.45) is 0.535. The first-order valence-electron chi connectivity index (χ1n) is 9.06. The van der Waals surface area contributed by atoms with Gasteiger partial charge in [-0.1, -0.05) is 0 Å². The molecule has 4 rings (SSSR count). The second-order valence-corrected chi connectivity index (χ2v) is 8.67. The molecule has 2 atom stereocenters. The number of rotatable bonds is 3. The highest BCUT2D eigenvalue weighted by Gasteiger charge is 2.52. The molecule has 0 bridgehead atoms. The molecule has 1 spiro atoms. The fourth-order valence-electron chi connectivity index (χ4n) is 3.50. The summed E-state index contributed by atoms with van der Waals surface area (Å²) in [4.78, 5) is 27.3. The Hall–Kier alpha value is -2.01. The van der Waals surface area contributed by atoms with Crippen LogP contribution in [0, 0.1) is 5.92 Å². The van der Waals surface area contributed by atoms with E-state index in [2.05, 4.69) is 4.98 Å². The minimum atomic E-state index is -5.08. The summed E-state index contributed by atoms with van der Waals surface area (Å²) in [5.41, 5.74) is 0. The SMILES string of the molecule is O=C(C1CCOC1)N1CC2(CC(Oc3cccnc3)CS2)C1.O=C(O)C(F)(F)F. The lowest BCUT2D eigenvalue weighted by Crippen LogP contribution is -2.62. The number of carboxylic acids is 1. The minimum absolute atomic E-state index is 0.0891. The zero-order chi connectivity index (χ0) is 21.1. The third-order valence-corrected chi connectivity index (χ3v) is 6.48. The van der Waals surface area contributed by atoms with Crippen LogP contribution in [0.1, 0.15) is 12.8 Å². The number of hydrogen-bond donors (Lipinski definition) is 1. The minimum Gasteiger partial charge on any atom is -0.488 e. The summed E-state index contributed by atoms with van der Waals surface area (Å²) >= 11 is 1.95. The van der Waals surface area contributed by atoms with Gasteiger partial charge in [-0.2, -0.15) is 13.2 Å². The Balaban J connectivity index is 0.000000298. The van der Waals surface area contributed by atoms with Gasteiger partial charge in [-0.15, -0.1) is 11.8 Å². The number of carbonyl (C=O) groups is 2. The fourth-order valence-corrected chi connectivity index (χ4v) is 5.02. The van der Waals surface area contributed by atoms with Crippen LogP contribution in [0.3, 0.4) is 0 Å². The molecule has 1 aromatic heterocycles. The number of carboxylic acid groups (broad SMARTS) is 1. The molecule has 4 heterocycles. The fraction of sp³-hybridized carbons (Fsp3) is 0.611. The molecule has 7 nitrogen and oxygen atoms in total. The zero-order valence-electron chi connectivity index (χ0n) is 15.4. The number of carbonyl (C=O) groups excluding carboxylic acids is 1. The van der Waals surface area contributed by atoms with Gasteiger partial charge in [0, 0.05) is 38.1 Å². The van der Waals surface area contributed by atoms with Crippen LogP contribution in [0.25, 0.3) is 0 Å². The number of nitrogens with zero attached hydrogens (tertiary/aromatic N) is 2. The molecule has 0 radical (unpaired) electrons. The predicted molar refractivity (Wildman–Crippen MR) is 97.7 cm³/mol. The van der Waals surface area contributed by atoms with Crippen molar-refractivity contribution in [2.24, 2.45) is 5.92 Å². The van der Waals surface area contributed by atoms with Gasteiger partial charge in [0.2, 0.25) is 5.91 Å². The van der Waals surface area contributed by atoms with Crippen molar-refractivity contribution in [2.75, 3.05) is 32.1 Å². The van der Waals surface area contributed by atoms with Gasteiger partial charge >= 0.3 is 12.1 Å². The third kappa shape index (κ3) is 5.53. The molecule has 0 saturated carbocycles. The number of hydrogen-bond acceptors (Lipinski definition) is 6. The van der Waals surface area contributed by atoms with E-state index < -0.39 is 12.1 Å². The molecule has 3 aliphatic heterocycles. The first-order chi connectivity index (χ1) is 13.7. The molecule has 11 heteroatoms. The number of likely N-dealkylation sites (tertiary alicyclic amines) is 1. The van der Waals surface area contributed by atoms with E-state index >= 15 is 0 Å². The Labute approximate surface area is 169 Å². The van der Waals surface area contributed by atoms with Crippen LogP contribution in [0.4, 0.5) is 13.2 Å². The van der Waals surface area contributed by atoms with Crippen LogP contribution in [0.2, 0.25) is 0 Å². The standard InChI is InChI=1S/C16H20N2O3S.C2HF3O2/c19-15(12-3-5-20-8-12)18-10-16(11-18)6-14(9-22-16)21-13-2-1-4-17-7-13;3-2(4,5)1(6)7/h1-2,4,7,12,14H,3,5-6,8-11H2;(H,6,7). The highest BCUT2D eigenvalue weighted by molar-refractivity contribution is 8.01. The number of alkyl halides is 3. The van der Waals surface area contributed by atoms with Crippen LogP contribution in [0.15, 0.2) is 24.5 Å². The molecule has 29 heavy (non-hydrogen) atoms. The van der Waals surface area contributed by atoms with Crippen molar-refractivity contribution in [3.63, 3.8) is 0 Å². The molecule has 3 saturated heterocycles. The molecule has 160 valence electrons. The summed E-state index contributed by atoms with van der Waals surface area (Å²) in [6, 6.07) is 3.83. The summed E-state index contributed by atoms with van der Waals surface area (Å²) in [7, 11) is 0. The number of aliphatic carboxylic acids is 1. The lowest BCUT2D eigenvalue weighted by molar-refractivity contribution is -0.192. The monoisotopic (exact) mass is 434 g/mol. The largest absolute Gasteiger partial charge is 0.490 e. The maximum absolute atomic E-state index is 12.3. The van der Waals surface area contributed by atoms with Gasteiger partial charge in [0.05, 0.1) is 23.5 Å². The number of thioether (sulfide) groups is 1. The average Bonchev–Trinajstić information content (AvgIpc) is 3.31. The van der Waals surface area contributed by atoms with Crippen LogP contribution in [-0.4, -0.2) is 76.0 Å². The maximum atomic E-state index is 12.3. The summed E-state index contributed by atoms with van der Waals surface area (Å²) in [6.45, 7) is 3.05. The predicted octanol–water partition coefficient (Wildman–Crippen LogP) is 2.22. The quantitative estimate of drug-likeness (QED) is 0.780. The number of ether oxygens (including phenoxy) is 2. The lowest BCUT2D eigenvalue weighted by atomic mass is 9.91. The average molecular weight is 434 g/mol. The second-order valence-electron chi connectivity index (χ2n) is 7.18. The van der Waals surface area contributed by atoms with Crippen molar-refractivity contribution in [1.29, 1.82) is 0 Å². The summed E-state index contributed by atoms with van der Waals surface area (Å²) < 4.78 is 43.3. The van der Waals surface area contributed by atoms with Gasteiger partial charge < -0.3 is 19.5 Å². The lowest BCUT2D eigenvalue weighted by Gasteiger charge is -2.48. The van der Waals surface area contributed by atoms with Crippen molar-refractivity contribution in [1.82, 2.24) is 9.88 Å². The molecule has 3 fully saturated rings. The number of aromatic nitrogens is 1. The van der Waals surface area contributed by atoms with Crippen molar-refractivity contribution < 1.29 is 37.3 Å². The Morgan fingerprint density at radius 1 is 1.38 bits per heavy atom. The molecule has 0 aliphatic carbocycles. The van der Waals surface area contributed by atoms with Gasteiger partial charge in [-0.3, -0.25) is 9.78 Å². The first-order valence-corrected chi connectivity index (χ1v) is 10.0. The smallest absolute Gasteiger partial charge is 0.488 e. The van der Waals surface area contributed by atoms with Gasteiger partial charge in [0.1, 0.15) is 11.9 Å². The summed E-state index contributed by atoms with van der Waals surface area (Å²) in [5.74, 6) is -0.566. The maximum Gasteiger partial charge on any atom is 0.490 e. The summed E-state index contributed by atoms with van der Waals surface area (Å²) in [5, 5.41) is 7.12. The van der Waals surface area contributed by atoms with Crippen molar-refractivity contribution >= 4 is 23.6 Å². The van der Waals surface area contributed by atoms with Crippen LogP contribution in [0.5, 0.6) is 5.75 Å². The van der Waals surface area contributed by atoms with Gasteiger partial charge in [-0.25, -0.2) is 4.79 Å². The Morgan fingerprint density at radius 2 is 2.10 bits per heavy atom. The van der Waals surface area contributed by atoms with Crippen molar-refractivity contribution in [3.8, 4) is 5.75 Å². The highest BCUT2D eigenvalue weighted by Crippen LogP contribution is 2.46. The molecule has 1 N–H and O–H groups in total. The van der Waals surface area contributed by atoms with E-state index in [-0.39, 0.29) is 22.7 Å². The normalized spacial score (nSPS) is 25.1. The Morgan fingerprint density at radius 3 is 2.66 bits per heavy atom. The third-order valence-electron chi connectivity index (χ3n) is 4.90. The van der Waals surface area contributed by atoms with Crippen LogP contribution < -0.4 is 4.74 Å². The molecule has 3 aliphatic rings. The molecule has 1 amide bonds. The highest BCUT2D eigenvalue weighted by atomic mass is 32.2. The molecule has 2 unspecified atom stereocenters. The van der Waals surface area contributed by atoms with Gasteiger partial charge in [0.15, 0.2) is 0 Å². The van der Waals surface area contributed by atoms with Crippen LogP contribution >= 0.6 is 11.8 Å². The van der Waals surface area contributed by atoms with Gasteiger partial charge in [-0.05, 0) is 18.6 Å². The second kappa shape index (κ2) is 8.78. The van der Waals surface area contributed by atoms with E-state index in [1.54, 1.807) is 12.4 Å². The van der Waals surface area contributed by atoms with E-state index in [0.29, 0.717) is 6.61 Å². The van der Waals surface area contributed by atoms with Crippen LogP contribution in [-0.2, 0) is 14.3 Å². The van der Waals surface area contributed by atoms with Gasteiger partial charge in [0.25, 0.3) is 0 Å². The van der Waals surface area contributed by atoms with E-state index in [0.717, 1.165) is 44.0 Å². The molecule has 1 aromatic rings. The number of halogens is 3. The van der Waals surface area contributed by atoms with Crippen molar-refractivity contribution in [3.05, 3.63) is 24.5 Å².